The lowest BCUT2D eigenvalue weighted by atomic mass is 10.0. The van der Waals surface area contributed by atoms with Crippen LogP contribution in [-0.2, 0) is 0 Å². The molecule has 1 saturated heterocycles. The molecule has 158 valence electrons. The molecule has 0 bridgehead atoms. The minimum absolute atomic E-state index is 0.0702. The summed E-state index contributed by atoms with van der Waals surface area (Å²) in [6, 6.07) is 12.7. The number of benzene rings is 1. The van der Waals surface area contributed by atoms with E-state index in [1.54, 1.807) is 0 Å². The molecule has 0 aliphatic carbocycles. The predicted octanol–water partition coefficient (Wildman–Crippen LogP) is 3.88. The molecule has 2 aromatic heterocycles. The van der Waals surface area contributed by atoms with E-state index in [4.69, 9.17) is 5.10 Å². The number of carbonyl (C=O) groups is 1. The van der Waals surface area contributed by atoms with Crippen LogP contribution in [0.1, 0.15) is 47.8 Å². The Labute approximate surface area is 178 Å². The van der Waals surface area contributed by atoms with Gasteiger partial charge < -0.3 is 9.88 Å². The first kappa shape index (κ1) is 20.4. The number of piperidine rings is 1. The molecule has 1 aliphatic heterocycles. The van der Waals surface area contributed by atoms with Crippen LogP contribution in [0.25, 0.3) is 11.5 Å². The molecular weight excluding hydrogens is 374 g/mol. The fraction of sp³-hybridized carbons (Fsp3) is 0.417. The van der Waals surface area contributed by atoms with Crippen molar-refractivity contribution in [3.63, 3.8) is 0 Å². The highest BCUT2D eigenvalue weighted by Crippen LogP contribution is 2.23. The number of rotatable bonds is 6. The molecule has 0 saturated carbocycles. The Balaban J connectivity index is 1.59. The van der Waals surface area contributed by atoms with E-state index < -0.39 is 0 Å². The van der Waals surface area contributed by atoms with E-state index in [0.29, 0.717) is 18.2 Å². The molecule has 1 aliphatic rings. The maximum absolute atomic E-state index is 13.2. The number of aryl methyl sites for hydroxylation is 2. The molecule has 1 N–H and O–H groups in total. The minimum Gasteiger partial charge on any atom is -0.351 e. The summed E-state index contributed by atoms with van der Waals surface area (Å²) in [6.45, 7) is 8.89. The van der Waals surface area contributed by atoms with Crippen molar-refractivity contribution in [3.05, 3.63) is 65.6 Å². The Morgan fingerprint density at radius 2 is 1.87 bits per heavy atom. The summed E-state index contributed by atoms with van der Waals surface area (Å²) in [4.78, 5) is 15.7. The quantitative estimate of drug-likeness (QED) is 0.677. The molecule has 6 nitrogen and oxygen atoms in total. The number of hydrogen-bond acceptors (Lipinski definition) is 3. The molecule has 6 heteroatoms. The second kappa shape index (κ2) is 8.88. The van der Waals surface area contributed by atoms with Crippen molar-refractivity contribution in [2.75, 3.05) is 19.6 Å². The van der Waals surface area contributed by atoms with Crippen LogP contribution in [0, 0.1) is 13.8 Å². The number of likely N-dealkylation sites (tertiary alicyclic amines) is 1. The Morgan fingerprint density at radius 1 is 1.13 bits per heavy atom. The van der Waals surface area contributed by atoms with Crippen molar-refractivity contribution in [1.29, 1.82) is 0 Å². The fourth-order valence-electron chi connectivity index (χ4n) is 4.25. The first-order chi connectivity index (χ1) is 14.5. The summed E-state index contributed by atoms with van der Waals surface area (Å²) in [5.74, 6) is 0.699. The summed E-state index contributed by atoms with van der Waals surface area (Å²) in [5.41, 5.74) is 3.48. The van der Waals surface area contributed by atoms with Gasteiger partial charge in [0.1, 0.15) is 5.56 Å². The molecule has 1 amide bonds. The summed E-state index contributed by atoms with van der Waals surface area (Å²) in [6.07, 6.45) is 7.70. The van der Waals surface area contributed by atoms with E-state index in [1.165, 1.54) is 24.8 Å². The average Bonchev–Trinajstić information content (AvgIpc) is 3.37. The highest BCUT2D eigenvalue weighted by Gasteiger charge is 2.24. The van der Waals surface area contributed by atoms with Gasteiger partial charge in [-0.1, -0.05) is 24.1 Å². The number of nitrogens with zero attached hydrogens (tertiary/aromatic N) is 4. The van der Waals surface area contributed by atoms with Gasteiger partial charge in [-0.15, -0.1) is 0 Å². The molecular formula is C24H31N5O. The lowest BCUT2D eigenvalue weighted by molar-refractivity contribution is 0.0938. The summed E-state index contributed by atoms with van der Waals surface area (Å²) in [7, 11) is 0. The van der Waals surface area contributed by atoms with Crippen molar-refractivity contribution in [1.82, 2.24) is 24.6 Å². The number of nitrogens with one attached hydrogen (secondary N) is 1. The highest BCUT2D eigenvalue weighted by atomic mass is 16.1. The van der Waals surface area contributed by atoms with E-state index in [1.807, 2.05) is 52.8 Å². The van der Waals surface area contributed by atoms with Crippen LogP contribution >= 0.6 is 0 Å². The van der Waals surface area contributed by atoms with Crippen LogP contribution in [0.4, 0.5) is 0 Å². The molecule has 1 fully saturated rings. The minimum atomic E-state index is -0.0702. The van der Waals surface area contributed by atoms with Gasteiger partial charge >= 0.3 is 0 Å². The first-order valence-corrected chi connectivity index (χ1v) is 10.9. The molecule has 4 rings (SSSR count). The lowest BCUT2D eigenvalue weighted by Crippen LogP contribution is -2.42. The van der Waals surface area contributed by atoms with Crippen molar-refractivity contribution in [2.24, 2.45) is 0 Å². The maximum atomic E-state index is 13.2. The van der Waals surface area contributed by atoms with Gasteiger partial charge in [0.2, 0.25) is 0 Å². The zero-order valence-corrected chi connectivity index (χ0v) is 18.1. The molecule has 3 aromatic rings. The van der Waals surface area contributed by atoms with Gasteiger partial charge in [0.25, 0.3) is 5.91 Å². The van der Waals surface area contributed by atoms with Crippen molar-refractivity contribution < 1.29 is 4.79 Å². The highest BCUT2D eigenvalue weighted by molar-refractivity contribution is 5.98. The first-order valence-electron chi connectivity index (χ1n) is 10.9. The number of carbonyl (C=O) groups excluding carboxylic acids is 1. The van der Waals surface area contributed by atoms with Gasteiger partial charge in [-0.2, -0.15) is 5.10 Å². The van der Waals surface area contributed by atoms with E-state index in [0.717, 1.165) is 30.3 Å². The smallest absolute Gasteiger partial charge is 0.257 e. The lowest BCUT2D eigenvalue weighted by Gasteiger charge is -2.33. The van der Waals surface area contributed by atoms with E-state index in [9.17, 15) is 4.79 Å². The van der Waals surface area contributed by atoms with Gasteiger partial charge in [0.15, 0.2) is 5.82 Å². The largest absolute Gasteiger partial charge is 0.351 e. The van der Waals surface area contributed by atoms with Crippen LogP contribution in [0.2, 0.25) is 0 Å². The van der Waals surface area contributed by atoms with Crippen LogP contribution < -0.4 is 5.32 Å². The standard InChI is InChI=1S/C24H31N5O/c1-18-9-11-21(12-10-18)29-24(28-15-6-7-16-28)22(20(3)26-29)23(30)25-13-17-27-14-5-4-8-19(27)2/h6-7,9-12,15-16,19H,4-5,8,13-14,17H2,1-3H3,(H,25,30). The van der Waals surface area contributed by atoms with Gasteiger partial charge in [0, 0.05) is 31.5 Å². The molecule has 1 aromatic carbocycles. The topological polar surface area (TPSA) is 55.1 Å². The molecule has 1 atom stereocenters. The second-order valence-electron chi connectivity index (χ2n) is 8.26. The fourth-order valence-corrected chi connectivity index (χ4v) is 4.25. The molecule has 0 spiro atoms. The van der Waals surface area contributed by atoms with Crippen molar-refractivity contribution >= 4 is 5.91 Å². The van der Waals surface area contributed by atoms with Crippen molar-refractivity contribution in [3.8, 4) is 11.5 Å². The van der Waals surface area contributed by atoms with Crippen molar-refractivity contribution in [2.45, 2.75) is 46.1 Å². The van der Waals surface area contributed by atoms with E-state index in [2.05, 4.69) is 36.2 Å². The van der Waals surface area contributed by atoms with E-state index in [-0.39, 0.29) is 5.91 Å². The van der Waals surface area contributed by atoms with Crippen LogP contribution in [-0.4, -0.2) is 50.8 Å². The molecule has 0 radical (unpaired) electrons. The number of hydrogen-bond donors (Lipinski definition) is 1. The molecule has 30 heavy (non-hydrogen) atoms. The zero-order valence-electron chi connectivity index (χ0n) is 18.1. The number of aromatic nitrogens is 3. The normalized spacial score (nSPS) is 17.2. The third kappa shape index (κ3) is 4.19. The van der Waals surface area contributed by atoms with Gasteiger partial charge in [0.05, 0.1) is 11.4 Å². The SMILES string of the molecule is Cc1ccc(-n2nc(C)c(C(=O)NCCN3CCCCC3C)c2-n2cccc2)cc1. The second-order valence-corrected chi connectivity index (χ2v) is 8.26. The van der Waals surface area contributed by atoms with Gasteiger partial charge in [-0.25, -0.2) is 4.68 Å². The number of amides is 1. The van der Waals surface area contributed by atoms with Gasteiger partial charge in [-0.3, -0.25) is 9.69 Å². The maximum Gasteiger partial charge on any atom is 0.257 e. The van der Waals surface area contributed by atoms with Crippen LogP contribution in [0.5, 0.6) is 0 Å². The van der Waals surface area contributed by atoms with Crippen LogP contribution in [0.15, 0.2) is 48.8 Å². The molecule has 1 unspecified atom stereocenters. The van der Waals surface area contributed by atoms with E-state index >= 15 is 0 Å². The van der Waals surface area contributed by atoms with Crippen LogP contribution in [0.3, 0.4) is 0 Å². The zero-order chi connectivity index (χ0) is 21.1. The average molecular weight is 406 g/mol. The summed E-state index contributed by atoms with van der Waals surface area (Å²) >= 11 is 0. The monoisotopic (exact) mass is 405 g/mol. The Kier molecular flexibility index (Phi) is 6.04. The third-order valence-corrected chi connectivity index (χ3v) is 6.02. The third-order valence-electron chi connectivity index (χ3n) is 6.02. The summed E-state index contributed by atoms with van der Waals surface area (Å²) < 4.78 is 3.82. The Bertz CT molecular complexity index is 988. The Hall–Kier alpha value is -2.86. The molecule has 3 heterocycles. The predicted molar refractivity (Wildman–Crippen MR) is 120 cm³/mol. The Morgan fingerprint density at radius 3 is 2.57 bits per heavy atom. The van der Waals surface area contributed by atoms with Gasteiger partial charge in [-0.05, 0) is 64.4 Å². The summed E-state index contributed by atoms with van der Waals surface area (Å²) in [5, 5.41) is 7.86.